The first kappa shape index (κ1) is 18.1. The van der Waals surface area contributed by atoms with Gasteiger partial charge in [-0.1, -0.05) is 31.4 Å². The molecule has 4 nitrogen and oxygen atoms in total. The number of nitrogens with zero attached hydrogens (tertiary/aromatic N) is 1. The van der Waals surface area contributed by atoms with Crippen LogP contribution in [0.4, 0.5) is 5.69 Å². The number of carbonyl (C=O) groups is 1. The molecule has 0 atom stereocenters. The van der Waals surface area contributed by atoms with Crippen LogP contribution in [0.3, 0.4) is 0 Å². The monoisotopic (exact) mass is 442 g/mol. The number of nitrogens with one attached hydrogen (secondary N) is 1. The van der Waals surface area contributed by atoms with Gasteiger partial charge in [0.05, 0.1) is 24.4 Å². The maximum absolute atomic E-state index is 12.2. The highest BCUT2D eigenvalue weighted by molar-refractivity contribution is 14.1. The fourth-order valence-electron chi connectivity index (χ4n) is 3.63. The van der Waals surface area contributed by atoms with Crippen LogP contribution in [0, 0.1) is 3.57 Å². The first-order chi connectivity index (χ1) is 11.7. The van der Waals surface area contributed by atoms with Gasteiger partial charge in [0.15, 0.2) is 0 Å². The Bertz CT molecular complexity index is 538. The summed E-state index contributed by atoms with van der Waals surface area (Å²) in [5, 5.41) is 3.02. The van der Waals surface area contributed by atoms with Gasteiger partial charge in [0.2, 0.25) is 5.91 Å². The van der Waals surface area contributed by atoms with Crippen LogP contribution in [-0.4, -0.2) is 42.6 Å². The zero-order valence-electron chi connectivity index (χ0n) is 14.2. The molecule has 1 saturated carbocycles. The van der Waals surface area contributed by atoms with E-state index in [4.69, 9.17) is 4.74 Å². The van der Waals surface area contributed by atoms with Gasteiger partial charge in [-0.2, -0.15) is 0 Å². The molecule has 1 N–H and O–H groups in total. The largest absolute Gasteiger partial charge is 0.375 e. The maximum atomic E-state index is 12.2. The molecule has 5 heteroatoms. The van der Waals surface area contributed by atoms with Crippen molar-refractivity contribution < 1.29 is 9.53 Å². The third-order valence-electron chi connectivity index (χ3n) is 4.99. The lowest BCUT2D eigenvalue weighted by molar-refractivity contribution is -0.118. The van der Waals surface area contributed by atoms with Crippen molar-refractivity contribution in [3.63, 3.8) is 0 Å². The predicted octanol–water partition coefficient (Wildman–Crippen LogP) is 4.04. The zero-order valence-corrected chi connectivity index (χ0v) is 16.3. The third kappa shape index (κ3) is 5.43. The van der Waals surface area contributed by atoms with E-state index in [1.807, 2.05) is 24.3 Å². The highest BCUT2D eigenvalue weighted by Gasteiger charge is 2.24. The number of likely N-dealkylation sites (tertiary alicyclic amines) is 1. The summed E-state index contributed by atoms with van der Waals surface area (Å²) in [6.07, 6.45) is 9.45. The summed E-state index contributed by atoms with van der Waals surface area (Å²) in [5.41, 5.74) is 0.901. The van der Waals surface area contributed by atoms with Gasteiger partial charge in [0.25, 0.3) is 0 Å². The number of piperidine rings is 1. The second kappa shape index (κ2) is 9.15. The van der Waals surface area contributed by atoms with Crippen LogP contribution in [0.15, 0.2) is 24.3 Å². The summed E-state index contributed by atoms with van der Waals surface area (Å²) < 4.78 is 7.34. The number of hydrogen-bond donors (Lipinski definition) is 1. The number of carbonyl (C=O) groups excluding carboxylic acids is 1. The molecule has 1 aromatic rings. The smallest absolute Gasteiger partial charge is 0.238 e. The van der Waals surface area contributed by atoms with Crippen molar-refractivity contribution in [1.82, 2.24) is 4.90 Å². The summed E-state index contributed by atoms with van der Waals surface area (Å²) in [7, 11) is 0. The number of halogens is 1. The molecule has 0 aromatic heterocycles. The van der Waals surface area contributed by atoms with Gasteiger partial charge in [0.1, 0.15) is 0 Å². The molecule has 0 unspecified atom stereocenters. The van der Waals surface area contributed by atoms with E-state index in [0.29, 0.717) is 18.8 Å². The Morgan fingerprint density at radius 2 is 1.75 bits per heavy atom. The Morgan fingerprint density at radius 3 is 2.46 bits per heavy atom. The number of amides is 1. The molecule has 0 spiro atoms. The molecule has 0 radical (unpaired) electrons. The molecular formula is C19H27IN2O2. The highest BCUT2D eigenvalue weighted by atomic mass is 127. The van der Waals surface area contributed by atoms with Crippen molar-refractivity contribution in [3.8, 4) is 0 Å². The Labute approximate surface area is 158 Å². The Balaban J connectivity index is 1.38. The lowest BCUT2D eigenvalue weighted by atomic mass is 9.97. The van der Waals surface area contributed by atoms with Crippen LogP contribution in [-0.2, 0) is 9.53 Å². The van der Waals surface area contributed by atoms with E-state index < -0.39 is 0 Å². The van der Waals surface area contributed by atoms with Crippen LogP contribution in [0.5, 0.6) is 0 Å². The second-order valence-corrected chi connectivity index (χ2v) is 8.06. The van der Waals surface area contributed by atoms with Crippen LogP contribution in [0.1, 0.15) is 44.9 Å². The number of benzene rings is 1. The lowest BCUT2D eigenvalue weighted by Gasteiger charge is -2.34. The average Bonchev–Trinajstić information content (AvgIpc) is 2.60. The molecule has 1 aliphatic carbocycles. The molecule has 1 aromatic carbocycles. The standard InChI is InChI=1S/C19H27IN2O2/c20-17-8-4-5-9-18(17)21-19(23)14-22-12-10-16(11-13-22)24-15-6-2-1-3-7-15/h4-5,8-9,15-16H,1-3,6-7,10-14H2,(H,21,23). The molecule has 1 amide bonds. The number of ether oxygens (including phenoxy) is 1. The van der Waals surface area contributed by atoms with Crippen molar-refractivity contribution >= 4 is 34.2 Å². The molecule has 1 saturated heterocycles. The SMILES string of the molecule is O=C(CN1CCC(OC2CCCCC2)CC1)Nc1ccccc1I. The highest BCUT2D eigenvalue weighted by Crippen LogP contribution is 2.24. The fourth-order valence-corrected chi connectivity index (χ4v) is 4.15. The molecule has 1 aliphatic heterocycles. The van der Waals surface area contributed by atoms with Gasteiger partial charge < -0.3 is 10.1 Å². The fraction of sp³-hybridized carbons (Fsp3) is 0.632. The Morgan fingerprint density at radius 1 is 1.08 bits per heavy atom. The normalized spacial score (nSPS) is 20.9. The molecule has 3 rings (SSSR count). The summed E-state index contributed by atoms with van der Waals surface area (Å²) in [6.45, 7) is 2.38. The van der Waals surface area contributed by atoms with Gasteiger partial charge in [-0.3, -0.25) is 9.69 Å². The van der Waals surface area contributed by atoms with E-state index in [0.717, 1.165) is 35.2 Å². The number of rotatable bonds is 5. The minimum absolute atomic E-state index is 0.0748. The Kier molecular flexibility index (Phi) is 6.92. The zero-order chi connectivity index (χ0) is 16.8. The van der Waals surface area contributed by atoms with Gasteiger partial charge >= 0.3 is 0 Å². The average molecular weight is 442 g/mol. The van der Waals surface area contributed by atoms with Crippen LogP contribution in [0.2, 0.25) is 0 Å². The number of para-hydroxylation sites is 1. The second-order valence-electron chi connectivity index (χ2n) is 6.90. The lowest BCUT2D eigenvalue weighted by Crippen LogP contribution is -2.42. The molecule has 24 heavy (non-hydrogen) atoms. The van der Waals surface area contributed by atoms with Gasteiger partial charge in [-0.25, -0.2) is 0 Å². The van der Waals surface area contributed by atoms with Crippen molar-refractivity contribution in [2.24, 2.45) is 0 Å². The summed E-state index contributed by atoms with van der Waals surface area (Å²) >= 11 is 2.25. The first-order valence-corrected chi connectivity index (χ1v) is 10.2. The van der Waals surface area contributed by atoms with E-state index in [2.05, 4.69) is 32.8 Å². The van der Waals surface area contributed by atoms with E-state index in [9.17, 15) is 4.79 Å². The number of anilines is 1. The first-order valence-electron chi connectivity index (χ1n) is 9.13. The van der Waals surface area contributed by atoms with Crippen LogP contribution in [0.25, 0.3) is 0 Å². The minimum Gasteiger partial charge on any atom is -0.375 e. The van der Waals surface area contributed by atoms with Gasteiger partial charge in [-0.15, -0.1) is 0 Å². The molecule has 1 heterocycles. The van der Waals surface area contributed by atoms with E-state index >= 15 is 0 Å². The minimum atomic E-state index is 0.0748. The number of hydrogen-bond acceptors (Lipinski definition) is 3. The van der Waals surface area contributed by atoms with Crippen LogP contribution < -0.4 is 5.32 Å². The molecule has 2 fully saturated rings. The predicted molar refractivity (Wildman–Crippen MR) is 105 cm³/mol. The van der Waals surface area contributed by atoms with Crippen molar-refractivity contribution in [2.45, 2.75) is 57.2 Å². The summed E-state index contributed by atoms with van der Waals surface area (Å²) in [6, 6.07) is 7.88. The van der Waals surface area contributed by atoms with Gasteiger partial charge in [0, 0.05) is 16.7 Å². The Hall–Kier alpha value is -0.660. The summed E-state index contributed by atoms with van der Waals surface area (Å²) in [4.78, 5) is 14.5. The molecular weight excluding hydrogens is 415 g/mol. The molecule has 0 bridgehead atoms. The van der Waals surface area contributed by atoms with E-state index in [1.54, 1.807) is 0 Å². The molecule has 2 aliphatic rings. The van der Waals surface area contributed by atoms with Crippen LogP contribution >= 0.6 is 22.6 Å². The van der Waals surface area contributed by atoms with E-state index in [1.165, 1.54) is 32.1 Å². The summed E-state index contributed by atoms with van der Waals surface area (Å²) in [5.74, 6) is 0.0748. The van der Waals surface area contributed by atoms with E-state index in [-0.39, 0.29) is 5.91 Å². The molecule has 132 valence electrons. The van der Waals surface area contributed by atoms with Gasteiger partial charge in [-0.05, 0) is 60.4 Å². The van der Waals surface area contributed by atoms with Crippen molar-refractivity contribution in [3.05, 3.63) is 27.8 Å². The topological polar surface area (TPSA) is 41.6 Å². The van der Waals surface area contributed by atoms with Crippen molar-refractivity contribution in [1.29, 1.82) is 0 Å². The maximum Gasteiger partial charge on any atom is 0.238 e. The quantitative estimate of drug-likeness (QED) is 0.700. The third-order valence-corrected chi connectivity index (χ3v) is 5.93. The van der Waals surface area contributed by atoms with Crippen molar-refractivity contribution in [2.75, 3.05) is 25.0 Å².